The van der Waals surface area contributed by atoms with Crippen molar-refractivity contribution < 1.29 is 9.53 Å². The highest BCUT2D eigenvalue weighted by Crippen LogP contribution is 2.42. The number of nitrogens with two attached hydrogens (primary N) is 1. The van der Waals surface area contributed by atoms with E-state index < -0.39 is 0 Å². The summed E-state index contributed by atoms with van der Waals surface area (Å²) in [7, 11) is 0. The van der Waals surface area contributed by atoms with Gasteiger partial charge in [-0.05, 0) is 42.4 Å². The summed E-state index contributed by atoms with van der Waals surface area (Å²) in [6, 6.07) is 8.44. The summed E-state index contributed by atoms with van der Waals surface area (Å²) in [5, 5.41) is 6.60. The maximum atomic E-state index is 11.1. The van der Waals surface area contributed by atoms with Crippen molar-refractivity contribution in [2.75, 3.05) is 50.0 Å². The minimum atomic E-state index is -0.323. The molecule has 1 saturated carbocycles. The molecule has 0 bridgehead atoms. The molecule has 1 saturated heterocycles. The van der Waals surface area contributed by atoms with E-state index in [1.807, 2.05) is 12.3 Å². The molecular formula is C23H32N6O2. The minimum absolute atomic E-state index is 0.278. The first-order valence-electron chi connectivity index (χ1n) is 11.1. The topological polar surface area (TPSA) is 105 Å². The molecule has 1 unspecified atom stereocenters. The Hall–Kier alpha value is -2.71. The van der Waals surface area contributed by atoms with E-state index in [9.17, 15) is 4.79 Å². The predicted molar refractivity (Wildman–Crippen MR) is 122 cm³/mol. The third-order valence-electron chi connectivity index (χ3n) is 5.85. The molecule has 4 N–H and O–H groups in total. The van der Waals surface area contributed by atoms with Crippen LogP contribution >= 0.6 is 0 Å². The molecule has 1 amide bonds. The third kappa shape index (κ3) is 6.15. The van der Waals surface area contributed by atoms with Crippen LogP contribution in [0.15, 0.2) is 30.5 Å². The van der Waals surface area contributed by atoms with Crippen LogP contribution in [-0.4, -0.2) is 60.2 Å². The lowest BCUT2D eigenvalue weighted by Crippen LogP contribution is -2.38. The molecule has 8 nitrogen and oxygen atoms in total. The maximum Gasteiger partial charge on any atom is 0.229 e. The van der Waals surface area contributed by atoms with Crippen LogP contribution in [0.2, 0.25) is 0 Å². The van der Waals surface area contributed by atoms with E-state index in [0.29, 0.717) is 24.3 Å². The highest BCUT2D eigenvalue weighted by atomic mass is 16.5. The molecule has 0 spiro atoms. The first-order valence-corrected chi connectivity index (χ1v) is 11.1. The van der Waals surface area contributed by atoms with Gasteiger partial charge >= 0.3 is 0 Å². The molecule has 2 aliphatic rings. The van der Waals surface area contributed by atoms with Gasteiger partial charge in [0.1, 0.15) is 5.82 Å². The Morgan fingerprint density at radius 3 is 2.87 bits per heavy atom. The number of carbonyl (C=O) groups is 1. The molecule has 4 rings (SSSR count). The Bertz CT molecular complexity index is 895. The number of benzene rings is 1. The highest BCUT2D eigenvalue weighted by molar-refractivity contribution is 5.74. The molecule has 1 aliphatic heterocycles. The number of ether oxygens (including phenoxy) is 1. The number of hydrogen-bond donors (Lipinski definition) is 3. The van der Waals surface area contributed by atoms with Crippen LogP contribution in [0.25, 0.3) is 0 Å². The second-order valence-electron chi connectivity index (χ2n) is 8.48. The zero-order valence-corrected chi connectivity index (χ0v) is 18.1. The quantitative estimate of drug-likeness (QED) is 0.538. The predicted octanol–water partition coefficient (Wildman–Crippen LogP) is 2.82. The zero-order valence-electron chi connectivity index (χ0n) is 18.1. The lowest BCUT2D eigenvalue weighted by molar-refractivity contribution is -0.117. The minimum Gasteiger partial charge on any atom is -0.379 e. The van der Waals surface area contributed by atoms with Gasteiger partial charge in [0.2, 0.25) is 11.9 Å². The van der Waals surface area contributed by atoms with E-state index in [4.69, 9.17) is 10.5 Å². The van der Waals surface area contributed by atoms with Crippen molar-refractivity contribution in [3.8, 4) is 0 Å². The van der Waals surface area contributed by atoms with Crippen LogP contribution in [0.5, 0.6) is 0 Å². The van der Waals surface area contributed by atoms with Gasteiger partial charge in [-0.2, -0.15) is 4.98 Å². The molecule has 1 aliphatic carbocycles. The summed E-state index contributed by atoms with van der Waals surface area (Å²) in [4.78, 5) is 22.7. The Morgan fingerprint density at radius 1 is 1.32 bits per heavy atom. The van der Waals surface area contributed by atoms with Gasteiger partial charge in [-0.1, -0.05) is 19.1 Å². The van der Waals surface area contributed by atoms with Crippen LogP contribution in [0.3, 0.4) is 0 Å². The van der Waals surface area contributed by atoms with Crippen molar-refractivity contribution in [3.05, 3.63) is 41.6 Å². The normalized spacial score (nSPS) is 17.8. The van der Waals surface area contributed by atoms with E-state index in [2.05, 4.69) is 50.6 Å². The monoisotopic (exact) mass is 424 g/mol. The zero-order chi connectivity index (χ0) is 21.6. The van der Waals surface area contributed by atoms with Gasteiger partial charge in [-0.25, -0.2) is 4.98 Å². The molecule has 2 aromatic rings. The Balaban J connectivity index is 1.43. The Kier molecular flexibility index (Phi) is 6.99. The number of anilines is 3. The van der Waals surface area contributed by atoms with E-state index >= 15 is 0 Å². The molecule has 1 atom stereocenters. The number of nitrogens with one attached hydrogen (secondary N) is 2. The number of morpholine rings is 1. The smallest absolute Gasteiger partial charge is 0.229 e. The summed E-state index contributed by atoms with van der Waals surface area (Å²) in [5.41, 5.74) is 8.63. The molecule has 2 fully saturated rings. The third-order valence-corrected chi connectivity index (χ3v) is 5.85. The van der Waals surface area contributed by atoms with E-state index in [-0.39, 0.29) is 12.3 Å². The Labute approximate surface area is 183 Å². The summed E-state index contributed by atoms with van der Waals surface area (Å²) in [6.45, 7) is 7.38. The average molecular weight is 425 g/mol. The van der Waals surface area contributed by atoms with Crippen LogP contribution < -0.4 is 16.4 Å². The average Bonchev–Trinajstić information content (AvgIpc) is 3.60. The summed E-state index contributed by atoms with van der Waals surface area (Å²) in [6.07, 6.45) is 4.48. The van der Waals surface area contributed by atoms with E-state index in [0.717, 1.165) is 62.8 Å². The molecule has 1 aromatic heterocycles. The number of carbonyl (C=O) groups excluding carboxylic acids is 1. The molecule has 8 heteroatoms. The van der Waals surface area contributed by atoms with Gasteiger partial charge in [-0.15, -0.1) is 0 Å². The maximum absolute atomic E-state index is 11.1. The van der Waals surface area contributed by atoms with Crippen molar-refractivity contribution in [3.63, 3.8) is 0 Å². The second-order valence-corrected chi connectivity index (χ2v) is 8.48. The lowest BCUT2D eigenvalue weighted by Gasteiger charge is -2.29. The summed E-state index contributed by atoms with van der Waals surface area (Å²) >= 11 is 0. The van der Waals surface area contributed by atoms with Gasteiger partial charge < -0.3 is 21.1 Å². The van der Waals surface area contributed by atoms with Gasteiger partial charge in [0.05, 0.1) is 13.2 Å². The fraction of sp³-hybridized carbons (Fsp3) is 0.522. The van der Waals surface area contributed by atoms with Gasteiger partial charge in [0.15, 0.2) is 0 Å². The number of amides is 1. The van der Waals surface area contributed by atoms with Crippen molar-refractivity contribution in [2.24, 2.45) is 5.73 Å². The number of aromatic nitrogens is 2. The molecule has 1 aromatic carbocycles. The van der Waals surface area contributed by atoms with Crippen LogP contribution in [0.4, 0.5) is 17.5 Å². The van der Waals surface area contributed by atoms with Crippen molar-refractivity contribution in [1.29, 1.82) is 0 Å². The molecule has 166 valence electrons. The van der Waals surface area contributed by atoms with Gasteiger partial charge in [0, 0.05) is 50.0 Å². The largest absolute Gasteiger partial charge is 0.379 e. The molecular weight excluding hydrogens is 392 g/mol. The first kappa shape index (κ1) is 21.5. The van der Waals surface area contributed by atoms with Crippen molar-refractivity contribution in [1.82, 2.24) is 14.9 Å². The first-order chi connectivity index (χ1) is 15.1. The van der Waals surface area contributed by atoms with E-state index in [1.54, 1.807) is 0 Å². The number of hydrogen-bond acceptors (Lipinski definition) is 7. The van der Waals surface area contributed by atoms with E-state index in [1.165, 1.54) is 5.56 Å². The van der Waals surface area contributed by atoms with Crippen LogP contribution in [-0.2, 0) is 9.53 Å². The van der Waals surface area contributed by atoms with Crippen LogP contribution in [0, 0.1) is 0 Å². The summed E-state index contributed by atoms with van der Waals surface area (Å²) < 4.78 is 5.45. The number of rotatable bonds is 10. The van der Waals surface area contributed by atoms with Crippen LogP contribution in [0.1, 0.15) is 49.1 Å². The number of nitrogens with zero attached hydrogens (tertiary/aromatic N) is 3. The fourth-order valence-corrected chi connectivity index (χ4v) is 3.92. The van der Waals surface area contributed by atoms with Gasteiger partial charge in [0.25, 0.3) is 0 Å². The molecule has 0 radical (unpaired) electrons. The van der Waals surface area contributed by atoms with Crippen molar-refractivity contribution in [2.45, 2.75) is 38.0 Å². The fourth-order valence-electron chi connectivity index (χ4n) is 3.92. The molecule has 2 heterocycles. The SMILES string of the molecule is CC(CN1CCOCC1)c1cccc(Nc2ncc(C3CC3)c(NCCC(N)=O)n2)c1. The standard InChI is InChI=1S/C23H32N6O2/c1-16(15-29-9-11-31-12-10-29)18-3-2-4-19(13-18)27-23-26-14-20(17-5-6-17)22(28-23)25-8-7-21(24)30/h2-4,13-14,16-17H,5-12,15H2,1H3,(H2,24,30)(H2,25,26,27,28). The summed E-state index contributed by atoms with van der Waals surface area (Å²) in [5.74, 6) is 1.94. The second kappa shape index (κ2) is 10.1. The lowest BCUT2D eigenvalue weighted by atomic mass is 10.00. The molecule has 31 heavy (non-hydrogen) atoms. The number of primary amides is 1. The highest BCUT2D eigenvalue weighted by Gasteiger charge is 2.27. The Morgan fingerprint density at radius 2 is 2.13 bits per heavy atom. The van der Waals surface area contributed by atoms with Crippen molar-refractivity contribution >= 4 is 23.4 Å². The van der Waals surface area contributed by atoms with Gasteiger partial charge in [-0.3, -0.25) is 9.69 Å².